The molecule has 1 amide bonds. The molecule has 0 fully saturated rings. The monoisotopic (exact) mass is 465 g/mol. The second-order valence-electron chi connectivity index (χ2n) is 7.32. The highest BCUT2D eigenvalue weighted by Crippen LogP contribution is 2.42. The summed E-state index contributed by atoms with van der Waals surface area (Å²) < 4.78 is 41.9. The Morgan fingerprint density at radius 2 is 1.97 bits per heavy atom. The van der Waals surface area contributed by atoms with Gasteiger partial charge in [0.1, 0.15) is 11.9 Å². The molecule has 170 valence electrons. The van der Waals surface area contributed by atoms with Gasteiger partial charge in [-0.15, -0.1) is 11.8 Å². The number of aliphatic carboxylic acids is 1. The van der Waals surface area contributed by atoms with E-state index in [0.29, 0.717) is 5.70 Å². The van der Waals surface area contributed by atoms with Crippen molar-refractivity contribution >= 4 is 23.6 Å². The molecule has 2 aliphatic rings. The highest BCUT2D eigenvalue weighted by Gasteiger charge is 2.36. The van der Waals surface area contributed by atoms with Crippen LogP contribution in [0.1, 0.15) is 17.0 Å². The van der Waals surface area contributed by atoms with E-state index < -0.39 is 41.3 Å². The Morgan fingerprint density at radius 1 is 1.25 bits per heavy atom. The molecule has 1 aromatic carbocycles. The van der Waals surface area contributed by atoms with Gasteiger partial charge >= 0.3 is 5.97 Å². The van der Waals surface area contributed by atoms with Crippen molar-refractivity contribution in [3.05, 3.63) is 81.4 Å². The lowest BCUT2D eigenvalue weighted by atomic mass is 9.92. The molecule has 0 radical (unpaired) electrons. The minimum Gasteiger partial charge on any atom is -0.478 e. The van der Waals surface area contributed by atoms with E-state index >= 15 is 0 Å². The van der Waals surface area contributed by atoms with Crippen LogP contribution in [0, 0.1) is 18.6 Å². The summed E-state index contributed by atoms with van der Waals surface area (Å²) in [5.74, 6) is -5.20. The fourth-order valence-corrected chi connectivity index (χ4v) is 4.66. The normalized spacial score (nSPS) is 20.6. The number of amides is 1. The van der Waals surface area contributed by atoms with Crippen LogP contribution in [0.4, 0.5) is 13.2 Å². The maximum atomic E-state index is 14.5. The third-order valence-corrected chi connectivity index (χ3v) is 6.31. The first-order chi connectivity index (χ1) is 15.1. The number of benzene rings is 1. The zero-order valence-corrected chi connectivity index (χ0v) is 18.4. The van der Waals surface area contributed by atoms with Crippen molar-refractivity contribution in [1.82, 2.24) is 15.5 Å². The predicted octanol–water partition coefficient (Wildman–Crippen LogP) is 3.30. The second-order valence-corrected chi connectivity index (χ2v) is 8.35. The highest BCUT2D eigenvalue weighted by molar-refractivity contribution is 8.03. The maximum absolute atomic E-state index is 14.5. The average molecular weight is 465 g/mol. The van der Waals surface area contributed by atoms with E-state index in [9.17, 15) is 27.9 Å². The van der Waals surface area contributed by atoms with Crippen LogP contribution in [0.2, 0.25) is 0 Å². The lowest BCUT2D eigenvalue weighted by Gasteiger charge is -2.21. The minimum absolute atomic E-state index is 0.0719. The number of rotatable bonds is 6. The van der Waals surface area contributed by atoms with Gasteiger partial charge in [-0.05, 0) is 43.3 Å². The lowest BCUT2D eigenvalue weighted by molar-refractivity contribution is -0.132. The Morgan fingerprint density at radius 3 is 2.59 bits per heavy atom. The van der Waals surface area contributed by atoms with Crippen LogP contribution in [0.3, 0.4) is 0 Å². The lowest BCUT2D eigenvalue weighted by Crippen LogP contribution is -2.41. The molecule has 2 heterocycles. The van der Waals surface area contributed by atoms with Crippen molar-refractivity contribution < 1.29 is 27.9 Å². The number of hydrogen-bond acceptors (Lipinski definition) is 5. The zero-order chi connectivity index (χ0) is 23.6. The molecular formula is C22H22F3N3O3S. The number of carboxylic acids is 1. The Labute approximate surface area is 187 Å². The maximum Gasteiger partial charge on any atom is 0.334 e. The molecule has 2 unspecified atom stereocenters. The molecule has 10 heteroatoms. The quantitative estimate of drug-likeness (QED) is 0.598. The van der Waals surface area contributed by atoms with Gasteiger partial charge in [0.15, 0.2) is 11.6 Å². The van der Waals surface area contributed by atoms with Gasteiger partial charge in [-0.25, -0.2) is 18.0 Å². The minimum atomic E-state index is -1.33. The molecule has 0 saturated carbocycles. The molecule has 0 aliphatic carbocycles. The largest absolute Gasteiger partial charge is 0.478 e. The van der Waals surface area contributed by atoms with Crippen LogP contribution in [0.25, 0.3) is 0 Å². The van der Waals surface area contributed by atoms with Crippen LogP contribution in [0.15, 0.2) is 58.7 Å². The van der Waals surface area contributed by atoms with E-state index in [2.05, 4.69) is 10.6 Å². The van der Waals surface area contributed by atoms with Crippen molar-refractivity contribution in [3.8, 4) is 0 Å². The van der Waals surface area contributed by atoms with E-state index in [-0.39, 0.29) is 27.5 Å². The number of carbonyl (C=O) groups is 2. The molecule has 0 aromatic heterocycles. The first kappa shape index (κ1) is 23.7. The van der Waals surface area contributed by atoms with Gasteiger partial charge < -0.3 is 20.6 Å². The molecule has 0 spiro atoms. The van der Waals surface area contributed by atoms with E-state index in [1.165, 1.54) is 42.3 Å². The molecule has 0 saturated heterocycles. The van der Waals surface area contributed by atoms with Gasteiger partial charge in [0.05, 0.1) is 10.6 Å². The summed E-state index contributed by atoms with van der Waals surface area (Å²) in [5, 5.41) is 15.2. The van der Waals surface area contributed by atoms with E-state index in [4.69, 9.17) is 0 Å². The number of carbonyl (C=O) groups excluding carboxylic acids is 1. The summed E-state index contributed by atoms with van der Waals surface area (Å²) in [6, 6.07) is 1.90. The number of nitrogens with one attached hydrogen (secondary N) is 2. The van der Waals surface area contributed by atoms with Crippen molar-refractivity contribution in [2.24, 2.45) is 0 Å². The Balaban J connectivity index is 1.88. The smallest absolute Gasteiger partial charge is 0.334 e. The van der Waals surface area contributed by atoms with E-state index in [1.54, 1.807) is 20.2 Å². The third-order valence-electron chi connectivity index (χ3n) is 5.20. The summed E-state index contributed by atoms with van der Waals surface area (Å²) in [5.41, 5.74) is 0.403. The number of nitrogens with zero attached hydrogens (tertiary/aromatic N) is 1. The van der Waals surface area contributed by atoms with Gasteiger partial charge in [0.25, 0.3) is 0 Å². The van der Waals surface area contributed by atoms with Gasteiger partial charge in [0, 0.05) is 30.6 Å². The van der Waals surface area contributed by atoms with Crippen LogP contribution in [-0.2, 0) is 9.59 Å². The van der Waals surface area contributed by atoms with Crippen LogP contribution < -0.4 is 10.6 Å². The Hall–Kier alpha value is -2.98. The fraction of sp³-hybridized carbons (Fsp3) is 0.273. The third kappa shape index (κ3) is 4.76. The number of aryl methyl sites for hydroxylation is 1. The van der Waals surface area contributed by atoms with Crippen molar-refractivity contribution in [2.45, 2.75) is 18.9 Å². The molecule has 2 atom stereocenters. The summed E-state index contributed by atoms with van der Waals surface area (Å²) >= 11 is 1.05. The van der Waals surface area contributed by atoms with Crippen molar-refractivity contribution in [3.63, 3.8) is 0 Å². The molecule has 3 rings (SSSR count). The Bertz CT molecular complexity index is 1080. The number of allylic oxidation sites excluding steroid dienone is 3. The summed E-state index contributed by atoms with van der Waals surface area (Å²) in [4.78, 5) is 26.3. The number of hydrogen-bond donors (Lipinski definition) is 3. The van der Waals surface area contributed by atoms with Gasteiger partial charge in [-0.2, -0.15) is 0 Å². The van der Waals surface area contributed by atoms with Crippen LogP contribution in [0.5, 0.6) is 0 Å². The fourth-order valence-electron chi connectivity index (χ4n) is 3.42. The van der Waals surface area contributed by atoms with Crippen molar-refractivity contribution in [1.29, 1.82) is 0 Å². The molecular weight excluding hydrogens is 443 g/mol. The number of thioether (sulfide) groups is 1. The molecule has 1 aromatic rings. The molecule has 3 N–H and O–H groups in total. The summed E-state index contributed by atoms with van der Waals surface area (Å²) in [7, 11) is 3.17. The van der Waals surface area contributed by atoms with Gasteiger partial charge in [-0.1, -0.05) is 12.1 Å². The standard InChI is InChI=1S/C22H22F3N3O3S/c1-11-4-7-14(19(25)18(11)24)15-10-32-21(17(15)22(30)31)27-20(29)16(26-2)8-13-6-5-12(23)9-28(13)3/h4-9,15-16,26H,10H2,1-3H3,(H,27,29)(H,30,31)/b13-8-. The molecule has 2 aliphatic heterocycles. The Kier molecular flexibility index (Phi) is 7.15. The predicted molar refractivity (Wildman–Crippen MR) is 116 cm³/mol. The number of likely N-dealkylation sites (N-methyl/N-ethyl adjacent to an activating group) is 2. The molecule has 6 nitrogen and oxygen atoms in total. The first-order valence-electron chi connectivity index (χ1n) is 9.67. The van der Waals surface area contributed by atoms with Crippen LogP contribution in [-0.4, -0.2) is 47.8 Å². The number of halogens is 3. The zero-order valence-electron chi connectivity index (χ0n) is 17.6. The number of carboxylic acid groups (broad SMARTS) is 1. The highest BCUT2D eigenvalue weighted by atomic mass is 32.2. The van der Waals surface area contributed by atoms with Crippen LogP contribution >= 0.6 is 11.8 Å². The van der Waals surface area contributed by atoms with Gasteiger partial charge in [0.2, 0.25) is 5.91 Å². The topological polar surface area (TPSA) is 81.7 Å². The van der Waals surface area contributed by atoms with Crippen molar-refractivity contribution in [2.75, 3.05) is 19.8 Å². The average Bonchev–Trinajstić information content (AvgIpc) is 3.15. The second kappa shape index (κ2) is 9.66. The summed E-state index contributed by atoms with van der Waals surface area (Å²) in [6.07, 6.45) is 5.58. The van der Waals surface area contributed by atoms with E-state index in [0.717, 1.165) is 11.8 Å². The summed E-state index contributed by atoms with van der Waals surface area (Å²) in [6.45, 7) is 1.42. The molecule has 0 bridgehead atoms. The van der Waals surface area contributed by atoms with E-state index in [1.807, 2.05) is 0 Å². The molecule has 32 heavy (non-hydrogen) atoms. The first-order valence-corrected chi connectivity index (χ1v) is 10.7. The van der Waals surface area contributed by atoms with Gasteiger partial charge in [-0.3, -0.25) is 4.79 Å². The SMILES string of the molecule is CNC(/C=C1/C=CC(F)=CN1C)C(=O)NC1=C(C(=O)O)C(c2ccc(C)c(F)c2F)CS1.